The van der Waals surface area contributed by atoms with Gasteiger partial charge in [-0.1, -0.05) is 0 Å². The van der Waals surface area contributed by atoms with E-state index in [-0.39, 0.29) is 0 Å². The molecule has 1 aromatic rings. The number of rotatable bonds is 5. The largest absolute Gasteiger partial charge is 0.478 e. The zero-order valence-electron chi connectivity index (χ0n) is 9.65. The van der Waals surface area contributed by atoms with Crippen molar-refractivity contribution in [1.29, 1.82) is 0 Å². The van der Waals surface area contributed by atoms with Crippen molar-refractivity contribution in [2.75, 3.05) is 11.9 Å². The van der Waals surface area contributed by atoms with Crippen LogP contribution in [0.2, 0.25) is 0 Å². The van der Waals surface area contributed by atoms with Crippen molar-refractivity contribution < 1.29 is 9.53 Å². The van der Waals surface area contributed by atoms with E-state index in [0.717, 1.165) is 5.56 Å². The van der Waals surface area contributed by atoms with Crippen molar-refractivity contribution in [1.82, 2.24) is 9.97 Å². The average molecular weight is 224 g/mol. The predicted molar refractivity (Wildman–Crippen MR) is 60.2 cm³/mol. The summed E-state index contributed by atoms with van der Waals surface area (Å²) in [5.74, 6) is 0.636. The lowest BCUT2D eigenvalue weighted by atomic mass is 10.2. The van der Waals surface area contributed by atoms with Crippen LogP contribution in [0.15, 0.2) is 6.33 Å². The van der Waals surface area contributed by atoms with Crippen molar-refractivity contribution in [3.05, 3.63) is 11.9 Å². The molecule has 0 aliphatic carbocycles. The van der Waals surface area contributed by atoms with Crippen molar-refractivity contribution in [3.63, 3.8) is 0 Å². The summed E-state index contributed by atoms with van der Waals surface area (Å²) in [6.07, 6.45) is 1.38. The van der Waals surface area contributed by atoms with E-state index in [2.05, 4.69) is 15.3 Å². The first-order valence-corrected chi connectivity index (χ1v) is 5.06. The summed E-state index contributed by atoms with van der Waals surface area (Å²) in [7, 11) is 0. The Balaban J connectivity index is 2.88. The van der Waals surface area contributed by atoms with Gasteiger partial charge in [-0.05, 0) is 20.8 Å². The second-order valence-corrected chi connectivity index (χ2v) is 3.35. The highest BCUT2D eigenvalue weighted by Gasteiger charge is 2.13. The average Bonchev–Trinajstić information content (AvgIpc) is 2.24. The second-order valence-electron chi connectivity index (χ2n) is 3.35. The summed E-state index contributed by atoms with van der Waals surface area (Å²) in [5.41, 5.74) is 5.92. The van der Waals surface area contributed by atoms with E-state index in [1.165, 1.54) is 6.33 Å². The normalized spacial score (nSPS) is 11.9. The number of aromatic nitrogens is 2. The van der Waals surface area contributed by atoms with Gasteiger partial charge >= 0.3 is 0 Å². The van der Waals surface area contributed by atoms with Gasteiger partial charge < -0.3 is 15.8 Å². The molecule has 1 atom stereocenters. The summed E-state index contributed by atoms with van der Waals surface area (Å²) in [6.45, 7) is 5.90. The number of carbonyl (C=O) groups excluding carboxylic acids is 1. The van der Waals surface area contributed by atoms with Crippen molar-refractivity contribution >= 4 is 11.7 Å². The van der Waals surface area contributed by atoms with E-state index >= 15 is 0 Å². The monoisotopic (exact) mass is 224 g/mol. The van der Waals surface area contributed by atoms with Gasteiger partial charge in [-0.15, -0.1) is 0 Å². The fourth-order valence-electron chi connectivity index (χ4n) is 1.14. The van der Waals surface area contributed by atoms with E-state index in [1.54, 1.807) is 6.92 Å². The molecule has 0 spiro atoms. The minimum atomic E-state index is -0.483. The molecule has 6 heteroatoms. The van der Waals surface area contributed by atoms with Crippen LogP contribution in [0.5, 0.6) is 5.88 Å². The minimum Gasteiger partial charge on any atom is -0.478 e. The molecule has 6 nitrogen and oxygen atoms in total. The Bertz CT molecular complexity index is 381. The van der Waals surface area contributed by atoms with E-state index < -0.39 is 11.9 Å². The number of hydrogen-bond acceptors (Lipinski definition) is 5. The Hall–Kier alpha value is -1.85. The number of nitrogens with one attached hydrogen (secondary N) is 1. The molecule has 0 radical (unpaired) electrons. The lowest BCUT2D eigenvalue weighted by Gasteiger charge is -2.14. The van der Waals surface area contributed by atoms with E-state index in [0.29, 0.717) is 18.3 Å². The quantitative estimate of drug-likeness (QED) is 0.758. The summed E-state index contributed by atoms with van der Waals surface area (Å²) in [6, 6.07) is -0.483. The molecule has 1 rings (SSSR count). The molecule has 3 N–H and O–H groups in total. The van der Waals surface area contributed by atoms with E-state index in [4.69, 9.17) is 10.5 Å². The molecule has 1 aromatic heterocycles. The third kappa shape index (κ3) is 2.82. The van der Waals surface area contributed by atoms with Gasteiger partial charge in [0.25, 0.3) is 0 Å². The maximum absolute atomic E-state index is 10.9. The summed E-state index contributed by atoms with van der Waals surface area (Å²) in [5, 5.41) is 2.90. The molecule has 0 saturated heterocycles. The van der Waals surface area contributed by atoms with Crippen LogP contribution >= 0.6 is 0 Å². The van der Waals surface area contributed by atoms with Crippen LogP contribution in [-0.4, -0.2) is 28.5 Å². The Morgan fingerprint density at radius 2 is 2.31 bits per heavy atom. The number of nitrogens with two attached hydrogens (primary N) is 1. The van der Waals surface area contributed by atoms with Crippen molar-refractivity contribution in [2.45, 2.75) is 26.8 Å². The first kappa shape index (κ1) is 12.2. The zero-order chi connectivity index (χ0) is 12.1. The maximum Gasteiger partial charge on any atom is 0.239 e. The van der Waals surface area contributed by atoms with Crippen molar-refractivity contribution in [3.8, 4) is 5.88 Å². The number of carbonyl (C=O) groups is 1. The van der Waals surface area contributed by atoms with Crippen LogP contribution in [0.3, 0.4) is 0 Å². The maximum atomic E-state index is 10.9. The third-order valence-electron chi connectivity index (χ3n) is 2.10. The first-order chi connectivity index (χ1) is 7.56. The van der Waals surface area contributed by atoms with Crippen LogP contribution < -0.4 is 15.8 Å². The summed E-state index contributed by atoms with van der Waals surface area (Å²) >= 11 is 0. The lowest BCUT2D eigenvalue weighted by Crippen LogP contribution is -2.33. The molecule has 0 bridgehead atoms. The van der Waals surface area contributed by atoms with Crippen LogP contribution in [0.4, 0.5) is 5.82 Å². The molecule has 0 fully saturated rings. The number of anilines is 1. The Morgan fingerprint density at radius 1 is 1.62 bits per heavy atom. The Morgan fingerprint density at radius 3 is 2.88 bits per heavy atom. The first-order valence-electron chi connectivity index (χ1n) is 5.06. The molecule has 0 aromatic carbocycles. The summed E-state index contributed by atoms with van der Waals surface area (Å²) < 4.78 is 5.31. The molecule has 0 saturated carbocycles. The van der Waals surface area contributed by atoms with Crippen LogP contribution in [0, 0.1) is 6.92 Å². The van der Waals surface area contributed by atoms with Crippen molar-refractivity contribution in [2.24, 2.45) is 5.73 Å². The lowest BCUT2D eigenvalue weighted by molar-refractivity contribution is -0.118. The minimum absolute atomic E-state index is 0.434. The highest BCUT2D eigenvalue weighted by Crippen LogP contribution is 2.20. The highest BCUT2D eigenvalue weighted by atomic mass is 16.5. The van der Waals surface area contributed by atoms with Gasteiger partial charge in [0.1, 0.15) is 18.2 Å². The van der Waals surface area contributed by atoms with Crippen LogP contribution in [-0.2, 0) is 4.79 Å². The molecular formula is C10H16N4O2. The highest BCUT2D eigenvalue weighted by molar-refractivity contribution is 5.82. The molecule has 1 heterocycles. The summed E-state index contributed by atoms with van der Waals surface area (Å²) in [4.78, 5) is 18.9. The molecular weight excluding hydrogens is 208 g/mol. The molecule has 0 aliphatic rings. The van der Waals surface area contributed by atoms with Crippen LogP contribution in [0.25, 0.3) is 0 Å². The predicted octanol–water partition coefficient (Wildman–Crippen LogP) is 0.469. The topological polar surface area (TPSA) is 90.1 Å². The number of ether oxygens (including phenoxy) is 1. The third-order valence-corrected chi connectivity index (χ3v) is 2.10. The molecule has 88 valence electrons. The van der Waals surface area contributed by atoms with E-state index in [1.807, 2.05) is 13.8 Å². The molecule has 0 aliphatic heterocycles. The molecule has 1 amide bonds. The van der Waals surface area contributed by atoms with Gasteiger partial charge in [0, 0.05) is 0 Å². The molecule has 16 heavy (non-hydrogen) atoms. The zero-order valence-corrected chi connectivity index (χ0v) is 9.65. The van der Waals surface area contributed by atoms with Gasteiger partial charge in [0.2, 0.25) is 11.8 Å². The van der Waals surface area contributed by atoms with E-state index in [9.17, 15) is 4.79 Å². The number of nitrogens with zero attached hydrogens (tertiary/aromatic N) is 2. The van der Waals surface area contributed by atoms with Crippen LogP contribution in [0.1, 0.15) is 19.4 Å². The Labute approximate surface area is 94.2 Å². The second kappa shape index (κ2) is 5.29. The Kier molecular flexibility index (Phi) is 4.04. The van der Waals surface area contributed by atoms with Gasteiger partial charge in [-0.25, -0.2) is 9.97 Å². The smallest absolute Gasteiger partial charge is 0.239 e. The number of primary amides is 1. The number of hydrogen-bond donors (Lipinski definition) is 2. The van der Waals surface area contributed by atoms with Gasteiger partial charge in [0.15, 0.2) is 0 Å². The standard InChI is InChI=1S/C10H16N4O2/c1-4-16-10-6(2)9(12-5-13-10)14-7(3)8(11)15/h5,7H,4H2,1-3H3,(H2,11,15)(H,12,13,14). The number of amides is 1. The fourth-order valence-corrected chi connectivity index (χ4v) is 1.14. The van der Waals surface area contributed by atoms with Gasteiger partial charge in [-0.2, -0.15) is 0 Å². The van der Waals surface area contributed by atoms with Gasteiger partial charge in [-0.3, -0.25) is 4.79 Å². The SMILES string of the molecule is CCOc1ncnc(NC(C)C(N)=O)c1C. The molecule has 1 unspecified atom stereocenters. The van der Waals surface area contributed by atoms with Gasteiger partial charge in [0.05, 0.1) is 12.2 Å². The fraction of sp³-hybridized carbons (Fsp3) is 0.500.